The van der Waals surface area contributed by atoms with Gasteiger partial charge in [-0.15, -0.1) is 11.3 Å². The van der Waals surface area contributed by atoms with Crippen LogP contribution in [0.3, 0.4) is 0 Å². The number of oxazole rings is 1. The van der Waals surface area contributed by atoms with E-state index in [9.17, 15) is 0 Å². The van der Waals surface area contributed by atoms with Crippen molar-refractivity contribution in [2.45, 2.75) is 0 Å². The second-order valence-corrected chi connectivity index (χ2v) is 6.28. The topological polar surface area (TPSA) is 26.0 Å². The summed E-state index contributed by atoms with van der Waals surface area (Å²) < 4.78 is 8.08. The van der Waals surface area contributed by atoms with Crippen LogP contribution < -0.4 is 0 Å². The Kier molecular flexibility index (Phi) is 2.47. The highest BCUT2D eigenvalue weighted by atomic mass is 79.9. The van der Waals surface area contributed by atoms with Gasteiger partial charge in [0.1, 0.15) is 5.52 Å². The first kappa shape index (κ1) is 11.2. The number of hydrogen-bond donors (Lipinski definition) is 0. The van der Waals surface area contributed by atoms with E-state index < -0.39 is 0 Å². The summed E-state index contributed by atoms with van der Waals surface area (Å²) in [5, 5.41) is 1.23. The fourth-order valence-electron chi connectivity index (χ4n) is 2.09. The third-order valence-corrected chi connectivity index (χ3v) is 4.58. The Morgan fingerprint density at radius 1 is 1.05 bits per heavy atom. The molecule has 0 aliphatic heterocycles. The van der Waals surface area contributed by atoms with Crippen LogP contribution >= 0.6 is 27.3 Å². The lowest BCUT2D eigenvalue weighted by molar-refractivity contribution is 0.621. The van der Waals surface area contributed by atoms with Crippen molar-refractivity contribution in [2.75, 3.05) is 0 Å². The number of thiophene rings is 1. The lowest BCUT2D eigenvalue weighted by atomic mass is 10.2. The summed E-state index contributed by atoms with van der Waals surface area (Å²) >= 11 is 5.14. The Bertz CT molecular complexity index is 860. The molecule has 0 aliphatic rings. The summed E-state index contributed by atoms with van der Waals surface area (Å²) in [6.45, 7) is 0. The van der Waals surface area contributed by atoms with Crippen molar-refractivity contribution in [3.8, 4) is 10.8 Å². The first-order valence-corrected chi connectivity index (χ1v) is 7.45. The minimum Gasteiger partial charge on any atom is -0.435 e. The highest BCUT2D eigenvalue weighted by Gasteiger charge is 2.11. The molecule has 0 bridgehead atoms. The zero-order chi connectivity index (χ0) is 12.8. The maximum atomic E-state index is 5.83. The van der Waals surface area contributed by atoms with E-state index >= 15 is 0 Å². The molecule has 0 amide bonds. The summed E-state index contributed by atoms with van der Waals surface area (Å²) in [4.78, 5) is 5.61. The molecule has 0 unspecified atom stereocenters. The van der Waals surface area contributed by atoms with Crippen LogP contribution in [0.5, 0.6) is 0 Å². The van der Waals surface area contributed by atoms with Crippen molar-refractivity contribution >= 4 is 48.5 Å². The van der Waals surface area contributed by atoms with Gasteiger partial charge in [0.05, 0.1) is 4.88 Å². The lowest BCUT2D eigenvalue weighted by Crippen LogP contribution is -1.69. The molecule has 4 rings (SSSR count). The molecule has 2 aromatic carbocycles. The molecule has 0 fully saturated rings. The van der Waals surface area contributed by atoms with Crippen molar-refractivity contribution in [3.63, 3.8) is 0 Å². The van der Waals surface area contributed by atoms with E-state index in [0.717, 1.165) is 20.4 Å². The van der Waals surface area contributed by atoms with Crippen molar-refractivity contribution < 1.29 is 4.42 Å². The van der Waals surface area contributed by atoms with Gasteiger partial charge in [-0.05, 0) is 35.7 Å². The van der Waals surface area contributed by atoms with Crippen LogP contribution in [0.15, 0.2) is 57.4 Å². The Morgan fingerprint density at radius 3 is 2.84 bits per heavy atom. The number of aromatic nitrogens is 1. The summed E-state index contributed by atoms with van der Waals surface area (Å²) in [5.41, 5.74) is 1.69. The fourth-order valence-corrected chi connectivity index (χ4v) is 3.42. The van der Waals surface area contributed by atoms with Crippen LogP contribution in [0.25, 0.3) is 32.0 Å². The Hall–Kier alpha value is -1.65. The van der Waals surface area contributed by atoms with Crippen molar-refractivity contribution in [1.29, 1.82) is 0 Å². The first-order valence-electron chi connectivity index (χ1n) is 5.85. The molecule has 2 aromatic heterocycles. The fraction of sp³-hybridized carbons (Fsp3) is 0. The van der Waals surface area contributed by atoms with Gasteiger partial charge in [0, 0.05) is 9.17 Å². The van der Waals surface area contributed by atoms with Crippen LogP contribution in [-0.2, 0) is 0 Å². The SMILES string of the molecule is Brc1ccc2nc(-c3cc4ccccc4s3)oc2c1. The molecule has 0 N–H and O–H groups in total. The van der Waals surface area contributed by atoms with Crippen molar-refractivity contribution in [3.05, 3.63) is 53.0 Å². The van der Waals surface area contributed by atoms with Crippen LogP contribution in [0.4, 0.5) is 0 Å². The van der Waals surface area contributed by atoms with Gasteiger partial charge in [-0.3, -0.25) is 0 Å². The maximum absolute atomic E-state index is 5.83. The Morgan fingerprint density at radius 2 is 1.95 bits per heavy atom. The van der Waals surface area contributed by atoms with Gasteiger partial charge >= 0.3 is 0 Å². The van der Waals surface area contributed by atoms with E-state index in [-0.39, 0.29) is 0 Å². The molecule has 4 aromatic rings. The van der Waals surface area contributed by atoms with E-state index in [0.29, 0.717) is 5.89 Å². The standard InChI is InChI=1S/C15H8BrNOS/c16-10-5-6-11-12(8-10)18-15(17-11)14-7-9-3-1-2-4-13(9)19-14/h1-8H. The predicted molar refractivity (Wildman–Crippen MR) is 82.5 cm³/mol. The van der Waals surface area contributed by atoms with Crippen LogP contribution in [-0.4, -0.2) is 4.98 Å². The minimum absolute atomic E-state index is 0.689. The minimum atomic E-state index is 0.689. The van der Waals surface area contributed by atoms with Crippen molar-refractivity contribution in [1.82, 2.24) is 4.98 Å². The van der Waals surface area contributed by atoms with Gasteiger partial charge in [0.25, 0.3) is 0 Å². The second kappa shape index (κ2) is 4.18. The number of hydrogen-bond acceptors (Lipinski definition) is 3. The summed E-state index contributed by atoms with van der Waals surface area (Å²) in [5.74, 6) is 0.689. The number of fused-ring (bicyclic) bond motifs is 2. The number of halogens is 1. The number of benzene rings is 2. The summed E-state index contributed by atoms with van der Waals surface area (Å²) in [6.07, 6.45) is 0. The van der Waals surface area contributed by atoms with E-state index in [1.165, 1.54) is 10.1 Å². The van der Waals surface area contributed by atoms with Crippen LogP contribution in [0, 0.1) is 0 Å². The van der Waals surface area contributed by atoms with E-state index in [1.54, 1.807) is 11.3 Å². The molecule has 19 heavy (non-hydrogen) atoms. The monoisotopic (exact) mass is 329 g/mol. The number of nitrogens with zero attached hydrogens (tertiary/aromatic N) is 1. The summed E-state index contributed by atoms with van der Waals surface area (Å²) in [6, 6.07) is 16.3. The van der Waals surface area contributed by atoms with Gasteiger partial charge in [0.2, 0.25) is 5.89 Å². The molecule has 0 saturated heterocycles. The van der Waals surface area contributed by atoms with Gasteiger partial charge in [-0.1, -0.05) is 34.1 Å². The third-order valence-electron chi connectivity index (χ3n) is 2.99. The molecule has 0 radical (unpaired) electrons. The summed E-state index contributed by atoms with van der Waals surface area (Å²) in [7, 11) is 0. The molecule has 2 nitrogen and oxygen atoms in total. The average Bonchev–Trinajstić information content (AvgIpc) is 3.00. The molecule has 4 heteroatoms. The number of rotatable bonds is 1. The van der Waals surface area contributed by atoms with E-state index in [1.807, 2.05) is 30.3 Å². The Labute approximate surface area is 121 Å². The first-order chi connectivity index (χ1) is 9.29. The quantitative estimate of drug-likeness (QED) is 0.462. The molecule has 0 spiro atoms. The molecule has 92 valence electrons. The zero-order valence-corrected chi connectivity index (χ0v) is 12.2. The molecule has 0 saturated carbocycles. The van der Waals surface area contributed by atoms with Crippen LogP contribution in [0.2, 0.25) is 0 Å². The molecule has 2 heterocycles. The second-order valence-electron chi connectivity index (χ2n) is 4.28. The molecule has 0 atom stereocenters. The predicted octanol–water partition coefficient (Wildman–Crippen LogP) is 5.47. The maximum Gasteiger partial charge on any atom is 0.237 e. The van der Waals surface area contributed by atoms with Gasteiger partial charge in [0.15, 0.2) is 5.58 Å². The van der Waals surface area contributed by atoms with E-state index in [4.69, 9.17) is 4.42 Å². The third kappa shape index (κ3) is 1.88. The van der Waals surface area contributed by atoms with Gasteiger partial charge < -0.3 is 4.42 Å². The molecular weight excluding hydrogens is 322 g/mol. The lowest BCUT2D eigenvalue weighted by Gasteiger charge is -1.86. The Balaban J connectivity index is 1.93. The molecular formula is C15H8BrNOS. The smallest absolute Gasteiger partial charge is 0.237 e. The zero-order valence-electron chi connectivity index (χ0n) is 9.76. The average molecular weight is 330 g/mol. The largest absolute Gasteiger partial charge is 0.435 e. The van der Waals surface area contributed by atoms with Gasteiger partial charge in [-0.25, -0.2) is 4.98 Å². The highest BCUT2D eigenvalue weighted by molar-refractivity contribution is 9.10. The normalized spacial score (nSPS) is 11.4. The van der Waals surface area contributed by atoms with E-state index in [2.05, 4.69) is 39.1 Å². The highest BCUT2D eigenvalue weighted by Crippen LogP contribution is 2.34. The molecule has 0 aliphatic carbocycles. The van der Waals surface area contributed by atoms with Gasteiger partial charge in [-0.2, -0.15) is 0 Å². The van der Waals surface area contributed by atoms with Crippen LogP contribution in [0.1, 0.15) is 0 Å². The van der Waals surface area contributed by atoms with Crippen molar-refractivity contribution in [2.24, 2.45) is 0 Å².